The number of imidazole rings is 1. The van der Waals surface area contributed by atoms with Gasteiger partial charge in [-0.1, -0.05) is 0 Å². The summed E-state index contributed by atoms with van der Waals surface area (Å²) in [6.07, 6.45) is 0.867. The first-order chi connectivity index (χ1) is 19.6. The molecular weight excluding hydrogens is 545 g/mol. The van der Waals surface area contributed by atoms with E-state index in [-0.39, 0.29) is 35.7 Å². The second-order valence-electron chi connectivity index (χ2n) is 9.48. The molecule has 4 aromatic rings. The zero-order valence-electron chi connectivity index (χ0n) is 22.3. The van der Waals surface area contributed by atoms with Crippen LogP contribution in [0.3, 0.4) is 0 Å². The Balaban J connectivity index is 1.37. The van der Waals surface area contributed by atoms with Gasteiger partial charge < -0.3 is 18.9 Å². The molecule has 1 fully saturated rings. The molecule has 0 aliphatic carbocycles. The molecule has 1 atom stereocenters. The number of halogens is 3. The number of aromatic nitrogens is 4. The average Bonchev–Trinajstić information content (AvgIpc) is 3.71. The van der Waals surface area contributed by atoms with Crippen LogP contribution in [0.5, 0.6) is 11.5 Å². The summed E-state index contributed by atoms with van der Waals surface area (Å²) in [5.74, 6) is -0.914. The number of benzene rings is 1. The number of methoxy groups -OCH3 is 2. The molecule has 1 unspecified atom stereocenters. The Kier molecular flexibility index (Phi) is 7.97. The minimum Gasteiger partial charge on any atom is -0.496 e. The van der Waals surface area contributed by atoms with E-state index in [0.29, 0.717) is 36.5 Å². The molecule has 3 aromatic heterocycles. The molecule has 1 aliphatic heterocycles. The lowest BCUT2D eigenvalue weighted by molar-refractivity contribution is -0.150. The summed E-state index contributed by atoms with van der Waals surface area (Å²) in [4.78, 5) is 29.4. The minimum atomic E-state index is -4.46. The zero-order valence-corrected chi connectivity index (χ0v) is 22.3. The van der Waals surface area contributed by atoms with Gasteiger partial charge in [-0.05, 0) is 29.8 Å². The number of carbonyl (C=O) groups is 2. The van der Waals surface area contributed by atoms with Crippen molar-refractivity contribution in [3.63, 3.8) is 0 Å². The van der Waals surface area contributed by atoms with E-state index in [1.54, 1.807) is 36.9 Å². The van der Waals surface area contributed by atoms with Crippen LogP contribution in [0.4, 0.5) is 13.2 Å². The summed E-state index contributed by atoms with van der Waals surface area (Å²) in [6.45, 7) is 0.968. The number of hydrogen-bond acceptors (Lipinski definition) is 8. The molecule has 0 N–H and O–H groups in total. The van der Waals surface area contributed by atoms with Crippen molar-refractivity contribution < 1.29 is 41.7 Å². The smallest absolute Gasteiger partial charge is 0.389 e. The fourth-order valence-electron chi connectivity index (χ4n) is 4.65. The summed E-state index contributed by atoms with van der Waals surface area (Å²) in [7, 11) is 2.67. The highest BCUT2D eigenvalue weighted by molar-refractivity contribution is 6.02. The fourth-order valence-corrected chi connectivity index (χ4v) is 4.65. The second kappa shape index (κ2) is 11.6. The van der Waals surface area contributed by atoms with E-state index in [9.17, 15) is 22.8 Å². The van der Waals surface area contributed by atoms with Crippen LogP contribution in [0.15, 0.2) is 49.1 Å². The average molecular weight is 573 g/mol. The highest BCUT2D eigenvalue weighted by Gasteiger charge is 2.30. The van der Waals surface area contributed by atoms with Crippen molar-refractivity contribution in [2.24, 2.45) is 0 Å². The molecule has 0 bridgehead atoms. The molecule has 41 heavy (non-hydrogen) atoms. The van der Waals surface area contributed by atoms with Crippen LogP contribution in [0.25, 0.3) is 28.0 Å². The van der Waals surface area contributed by atoms with Gasteiger partial charge in [-0.25, -0.2) is 4.98 Å². The number of pyridine rings is 1. The van der Waals surface area contributed by atoms with Crippen molar-refractivity contribution in [3.8, 4) is 33.9 Å². The van der Waals surface area contributed by atoms with Crippen LogP contribution in [-0.4, -0.2) is 70.6 Å². The van der Waals surface area contributed by atoms with Crippen LogP contribution in [0.1, 0.15) is 29.6 Å². The maximum Gasteiger partial charge on any atom is 0.389 e. The number of rotatable bonds is 10. The minimum absolute atomic E-state index is 0.0232. The number of ketones is 1. The molecule has 0 amide bonds. The first kappa shape index (κ1) is 28.1. The van der Waals surface area contributed by atoms with Crippen LogP contribution in [-0.2, 0) is 20.8 Å². The Morgan fingerprint density at radius 3 is 2.49 bits per heavy atom. The standard InChI is InChI=1S/C28H27F3N4O6/c1-38-23-9-18(10-24(39-2)27(23)22(36)3-6-28(29,30)31)21-13-32-25-11-17(4-7-35(21)25)19-12-33-34(14-19)15-26(37)41-20-5-8-40-16-20/h4,7,9-14,20H,3,5-6,8,15-16H2,1-2H3. The molecular formula is C28H27F3N4O6. The Hall–Kier alpha value is -4.39. The topological polar surface area (TPSA) is 106 Å². The lowest BCUT2D eigenvalue weighted by Crippen LogP contribution is -2.21. The maximum absolute atomic E-state index is 12.7. The summed E-state index contributed by atoms with van der Waals surface area (Å²) in [5.41, 5.74) is 3.39. The monoisotopic (exact) mass is 572 g/mol. The lowest BCUT2D eigenvalue weighted by atomic mass is 10.0. The predicted molar refractivity (Wildman–Crippen MR) is 140 cm³/mol. The fraction of sp³-hybridized carbons (Fsp3) is 0.357. The molecule has 1 aliphatic rings. The summed E-state index contributed by atoms with van der Waals surface area (Å²) < 4.78 is 62.8. The first-order valence-electron chi connectivity index (χ1n) is 12.8. The summed E-state index contributed by atoms with van der Waals surface area (Å²) in [5, 5.41) is 4.27. The molecule has 0 radical (unpaired) electrons. The van der Waals surface area contributed by atoms with E-state index in [2.05, 4.69) is 10.1 Å². The van der Waals surface area contributed by atoms with Gasteiger partial charge in [-0.2, -0.15) is 18.3 Å². The van der Waals surface area contributed by atoms with Crippen LogP contribution in [0.2, 0.25) is 0 Å². The molecule has 0 spiro atoms. The van der Waals surface area contributed by atoms with Crippen molar-refractivity contribution in [1.29, 1.82) is 0 Å². The molecule has 1 saturated heterocycles. The Bertz CT molecular complexity index is 1550. The van der Waals surface area contributed by atoms with E-state index in [1.807, 2.05) is 16.5 Å². The van der Waals surface area contributed by atoms with E-state index >= 15 is 0 Å². The Labute approximate surface area is 232 Å². The maximum atomic E-state index is 12.7. The van der Waals surface area contributed by atoms with Crippen LogP contribution < -0.4 is 9.47 Å². The Morgan fingerprint density at radius 1 is 1.07 bits per heavy atom. The third kappa shape index (κ3) is 6.35. The van der Waals surface area contributed by atoms with E-state index in [4.69, 9.17) is 18.9 Å². The number of Topliss-reactive ketones (excluding diaryl/α,β-unsaturated/α-hetero) is 1. The van der Waals surface area contributed by atoms with Gasteiger partial charge in [-0.15, -0.1) is 0 Å². The first-order valence-corrected chi connectivity index (χ1v) is 12.8. The van der Waals surface area contributed by atoms with E-state index in [0.717, 1.165) is 11.1 Å². The van der Waals surface area contributed by atoms with Gasteiger partial charge >= 0.3 is 12.1 Å². The van der Waals surface area contributed by atoms with Gasteiger partial charge in [0, 0.05) is 36.4 Å². The van der Waals surface area contributed by atoms with Gasteiger partial charge in [0.15, 0.2) is 5.78 Å². The van der Waals surface area contributed by atoms with Gasteiger partial charge in [0.25, 0.3) is 0 Å². The number of nitrogens with zero attached hydrogens (tertiary/aromatic N) is 4. The van der Waals surface area contributed by atoms with Gasteiger partial charge in [0.1, 0.15) is 35.4 Å². The second-order valence-corrected chi connectivity index (χ2v) is 9.48. The molecule has 4 heterocycles. The quantitative estimate of drug-likeness (QED) is 0.198. The number of fused-ring (bicyclic) bond motifs is 1. The number of ether oxygens (including phenoxy) is 4. The largest absolute Gasteiger partial charge is 0.496 e. The molecule has 13 heteroatoms. The predicted octanol–water partition coefficient (Wildman–Crippen LogP) is 4.74. The molecule has 0 saturated carbocycles. The number of carbonyl (C=O) groups excluding carboxylic acids is 2. The lowest BCUT2D eigenvalue weighted by Gasteiger charge is -2.15. The summed E-state index contributed by atoms with van der Waals surface area (Å²) >= 11 is 0. The van der Waals surface area contributed by atoms with Crippen molar-refractivity contribution in [1.82, 2.24) is 19.2 Å². The third-order valence-corrected chi connectivity index (χ3v) is 6.67. The highest BCUT2D eigenvalue weighted by Crippen LogP contribution is 2.37. The highest BCUT2D eigenvalue weighted by atomic mass is 19.4. The van der Waals surface area contributed by atoms with Crippen molar-refractivity contribution >= 4 is 17.4 Å². The normalized spacial score (nSPS) is 15.3. The van der Waals surface area contributed by atoms with E-state index in [1.165, 1.54) is 18.9 Å². The number of alkyl halides is 3. The van der Waals surface area contributed by atoms with Gasteiger partial charge in [0.2, 0.25) is 0 Å². The third-order valence-electron chi connectivity index (χ3n) is 6.67. The molecule has 10 nitrogen and oxygen atoms in total. The van der Waals surface area contributed by atoms with Gasteiger partial charge in [0.05, 0.1) is 51.9 Å². The van der Waals surface area contributed by atoms with Crippen LogP contribution >= 0.6 is 0 Å². The van der Waals surface area contributed by atoms with Crippen molar-refractivity contribution in [2.75, 3.05) is 27.4 Å². The van der Waals surface area contributed by atoms with E-state index < -0.39 is 24.8 Å². The SMILES string of the molecule is COc1cc(-c2cnc3cc(-c4cnn(CC(=O)OC5CCOC5)c4)ccn23)cc(OC)c1C(=O)CCC(F)(F)F. The van der Waals surface area contributed by atoms with Crippen LogP contribution in [0, 0.1) is 0 Å². The molecule has 216 valence electrons. The Morgan fingerprint density at radius 2 is 1.83 bits per heavy atom. The van der Waals surface area contributed by atoms with Gasteiger partial charge in [-0.3, -0.25) is 18.7 Å². The number of esters is 1. The van der Waals surface area contributed by atoms with Crippen molar-refractivity contribution in [3.05, 3.63) is 54.6 Å². The molecule has 1 aromatic carbocycles. The molecule has 5 rings (SSSR count). The summed E-state index contributed by atoms with van der Waals surface area (Å²) in [6, 6.07) is 6.85. The number of hydrogen-bond donors (Lipinski definition) is 0. The van der Waals surface area contributed by atoms with Crippen molar-refractivity contribution in [2.45, 2.75) is 38.1 Å². The zero-order chi connectivity index (χ0) is 29.1.